The average molecular weight is 357 g/mol. The molecule has 5 nitrogen and oxygen atoms in total. The monoisotopic (exact) mass is 357 g/mol. The molecule has 0 radical (unpaired) electrons. The standard InChI is InChI=1S/C17H18F3NO4/c1-3-25-16(23)12-6-7-21-9-14(12)11-5-4-10(17(18,19)20)8-13(11)15(22)24-2/h4-5,8,21H,3,6-7,9H2,1-2H3. The van der Waals surface area contributed by atoms with Crippen LogP contribution in [0.5, 0.6) is 0 Å². The fourth-order valence-corrected chi connectivity index (χ4v) is 2.65. The number of ether oxygens (including phenoxy) is 2. The Kier molecular flexibility index (Phi) is 5.84. The Morgan fingerprint density at radius 2 is 1.96 bits per heavy atom. The van der Waals surface area contributed by atoms with Crippen LogP contribution in [-0.4, -0.2) is 38.7 Å². The minimum absolute atomic E-state index is 0.180. The molecule has 0 saturated heterocycles. The molecule has 25 heavy (non-hydrogen) atoms. The van der Waals surface area contributed by atoms with E-state index in [2.05, 4.69) is 10.1 Å². The summed E-state index contributed by atoms with van der Waals surface area (Å²) in [5.41, 5.74) is -0.170. The van der Waals surface area contributed by atoms with Gasteiger partial charge in [-0.1, -0.05) is 6.07 Å². The van der Waals surface area contributed by atoms with E-state index >= 15 is 0 Å². The Hall–Kier alpha value is -2.35. The van der Waals surface area contributed by atoms with Gasteiger partial charge < -0.3 is 14.8 Å². The third-order valence-corrected chi connectivity index (χ3v) is 3.82. The number of benzene rings is 1. The van der Waals surface area contributed by atoms with Crippen molar-refractivity contribution in [3.63, 3.8) is 0 Å². The molecule has 1 aromatic carbocycles. The van der Waals surface area contributed by atoms with Gasteiger partial charge in [-0.15, -0.1) is 0 Å². The predicted molar refractivity (Wildman–Crippen MR) is 83.8 cm³/mol. The zero-order valence-electron chi connectivity index (χ0n) is 13.8. The number of hydrogen-bond acceptors (Lipinski definition) is 5. The van der Waals surface area contributed by atoms with E-state index in [9.17, 15) is 22.8 Å². The maximum absolute atomic E-state index is 13.0. The molecule has 136 valence electrons. The summed E-state index contributed by atoms with van der Waals surface area (Å²) in [4.78, 5) is 24.2. The molecule has 0 aliphatic carbocycles. The van der Waals surface area contributed by atoms with E-state index in [1.165, 1.54) is 6.07 Å². The Balaban J connectivity index is 2.62. The van der Waals surface area contributed by atoms with Crippen LogP contribution in [0.15, 0.2) is 23.8 Å². The van der Waals surface area contributed by atoms with Gasteiger partial charge in [-0.3, -0.25) is 0 Å². The van der Waals surface area contributed by atoms with Crippen LogP contribution in [0.1, 0.15) is 34.8 Å². The fourth-order valence-electron chi connectivity index (χ4n) is 2.65. The molecule has 0 bridgehead atoms. The Labute approximate surface area is 142 Å². The van der Waals surface area contributed by atoms with Crippen LogP contribution in [0, 0.1) is 0 Å². The lowest BCUT2D eigenvalue weighted by atomic mass is 9.90. The second kappa shape index (κ2) is 7.69. The van der Waals surface area contributed by atoms with Gasteiger partial charge in [0.15, 0.2) is 0 Å². The Morgan fingerprint density at radius 1 is 1.24 bits per heavy atom. The second-order valence-corrected chi connectivity index (χ2v) is 5.35. The second-order valence-electron chi connectivity index (χ2n) is 5.35. The number of hydrogen-bond donors (Lipinski definition) is 1. The maximum atomic E-state index is 13.0. The molecule has 1 N–H and O–H groups in total. The van der Waals surface area contributed by atoms with Crippen LogP contribution in [0.2, 0.25) is 0 Å². The first-order chi connectivity index (χ1) is 11.8. The average Bonchev–Trinajstić information content (AvgIpc) is 2.60. The van der Waals surface area contributed by atoms with Crippen molar-refractivity contribution < 1.29 is 32.2 Å². The molecule has 1 aliphatic heterocycles. The van der Waals surface area contributed by atoms with E-state index in [4.69, 9.17) is 4.74 Å². The molecular formula is C17H18F3NO4. The fraction of sp³-hybridized carbons (Fsp3) is 0.412. The lowest BCUT2D eigenvalue weighted by Crippen LogP contribution is -2.28. The van der Waals surface area contributed by atoms with Crippen LogP contribution in [0.25, 0.3) is 5.57 Å². The molecule has 0 aromatic heterocycles. The van der Waals surface area contributed by atoms with E-state index in [0.717, 1.165) is 19.2 Å². The van der Waals surface area contributed by atoms with Crippen molar-refractivity contribution in [2.75, 3.05) is 26.8 Å². The van der Waals surface area contributed by atoms with Gasteiger partial charge in [0.25, 0.3) is 0 Å². The topological polar surface area (TPSA) is 64.6 Å². The maximum Gasteiger partial charge on any atom is 0.416 e. The normalized spacial score (nSPS) is 15.1. The summed E-state index contributed by atoms with van der Waals surface area (Å²) in [6, 6.07) is 2.81. The molecule has 0 fully saturated rings. The van der Waals surface area contributed by atoms with Crippen molar-refractivity contribution in [1.82, 2.24) is 5.32 Å². The van der Waals surface area contributed by atoms with Gasteiger partial charge in [-0.05, 0) is 43.2 Å². The summed E-state index contributed by atoms with van der Waals surface area (Å²) >= 11 is 0. The summed E-state index contributed by atoms with van der Waals surface area (Å²) in [5.74, 6) is -1.43. The molecular weight excluding hydrogens is 339 g/mol. The van der Waals surface area contributed by atoms with E-state index in [0.29, 0.717) is 24.1 Å². The molecule has 0 unspecified atom stereocenters. The first-order valence-corrected chi connectivity index (χ1v) is 7.69. The van der Waals surface area contributed by atoms with Crippen LogP contribution in [0.4, 0.5) is 13.2 Å². The van der Waals surface area contributed by atoms with E-state index in [-0.39, 0.29) is 24.3 Å². The first-order valence-electron chi connectivity index (χ1n) is 7.69. The molecule has 0 amide bonds. The molecule has 8 heteroatoms. The van der Waals surface area contributed by atoms with Gasteiger partial charge in [-0.2, -0.15) is 13.2 Å². The lowest BCUT2D eigenvalue weighted by molar-refractivity contribution is -0.139. The highest BCUT2D eigenvalue weighted by molar-refractivity contribution is 6.03. The molecule has 1 aliphatic rings. The van der Waals surface area contributed by atoms with Gasteiger partial charge in [0.2, 0.25) is 0 Å². The predicted octanol–water partition coefficient (Wildman–Crippen LogP) is 2.80. The van der Waals surface area contributed by atoms with Gasteiger partial charge in [0.05, 0.1) is 24.8 Å². The molecule has 2 rings (SSSR count). The smallest absolute Gasteiger partial charge is 0.416 e. The quantitative estimate of drug-likeness (QED) is 0.840. The Morgan fingerprint density at radius 3 is 2.56 bits per heavy atom. The molecule has 1 aromatic rings. The van der Waals surface area contributed by atoms with Crippen LogP contribution in [-0.2, 0) is 20.4 Å². The van der Waals surface area contributed by atoms with Crippen molar-refractivity contribution in [3.8, 4) is 0 Å². The first kappa shape index (κ1) is 19.0. The number of carbonyl (C=O) groups is 2. The number of halogens is 3. The number of esters is 2. The molecule has 0 spiro atoms. The lowest BCUT2D eigenvalue weighted by Gasteiger charge is -2.22. The van der Waals surface area contributed by atoms with Crippen molar-refractivity contribution >= 4 is 17.5 Å². The number of rotatable bonds is 4. The third-order valence-electron chi connectivity index (χ3n) is 3.82. The third kappa shape index (κ3) is 4.19. The van der Waals surface area contributed by atoms with Crippen molar-refractivity contribution in [2.45, 2.75) is 19.5 Å². The van der Waals surface area contributed by atoms with Crippen LogP contribution >= 0.6 is 0 Å². The van der Waals surface area contributed by atoms with Gasteiger partial charge in [0.1, 0.15) is 0 Å². The number of carbonyl (C=O) groups excluding carboxylic acids is 2. The number of methoxy groups -OCH3 is 1. The van der Waals surface area contributed by atoms with E-state index in [1.807, 2.05) is 0 Å². The summed E-state index contributed by atoms with van der Waals surface area (Å²) in [6.07, 6.45) is -4.24. The van der Waals surface area contributed by atoms with Crippen LogP contribution in [0.3, 0.4) is 0 Å². The van der Waals surface area contributed by atoms with Gasteiger partial charge in [0, 0.05) is 12.1 Å². The van der Waals surface area contributed by atoms with Crippen molar-refractivity contribution in [2.24, 2.45) is 0 Å². The van der Waals surface area contributed by atoms with Gasteiger partial charge >= 0.3 is 18.1 Å². The van der Waals surface area contributed by atoms with Crippen LogP contribution < -0.4 is 5.32 Å². The highest BCUT2D eigenvalue weighted by atomic mass is 19.4. The van der Waals surface area contributed by atoms with E-state index in [1.54, 1.807) is 6.92 Å². The summed E-state index contributed by atoms with van der Waals surface area (Å²) in [7, 11) is 1.09. The minimum atomic E-state index is -4.59. The summed E-state index contributed by atoms with van der Waals surface area (Å²) in [6.45, 7) is 2.62. The van der Waals surface area contributed by atoms with E-state index < -0.39 is 23.7 Å². The summed E-state index contributed by atoms with van der Waals surface area (Å²) in [5, 5.41) is 3.05. The van der Waals surface area contributed by atoms with Crippen molar-refractivity contribution in [3.05, 3.63) is 40.5 Å². The molecule has 1 heterocycles. The Bertz CT molecular complexity index is 710. The summed E-state index contributed by atoms with van der Waals surface area (Å²) < 4.78 is 48.5. The SMILES string of the molecule is CCOC(=O)C1=C(c2ccc(C(F)(F)F)cc2C(=O)OC)CNCC1. The number of nitrogens with one attached hydrogen (secondary N) is 1. The largest absolute Gasteiger partial charge is 0.465 e. The molecule has 0 saturated carbocycles. The van der Waals surface area contributed by atoms with Gasteiger partial charge in [-0.25, -0.2) is 9.59 Å². The zero-order valence-corrected chi connectivity index (χ0v) is 13.8. The number of alkyl halides is 3. The van der Waals surface area contributed by atoms with Crippen molar-refractivity contribution in [1.29, 1.82) is 0 Å². The highest BCUT2D eigenvalue weighted by Crippen LogP contribution is 2.34. The minimum Gasteiger partial charge on any atom is -0.465 e. The highest BCUT2D eigenvalue weighted by Gasteiger charge is 2.33. The molecule has 0 atom stereocenters. The zero-order chi connectivity index (χ0) is 18.6.